The summed E-state index contributed by atoms with van der Waals surface area (Å²) in [4.78, 5) is 12.9. The fourth-order valence-electron chi connectivity index (χ4n) is 3.23. The molecule has 2 aromatic carbocycles. The fourth-order valence-corrected chi connectivity index (χ4v) is 3.23. The molecule has 1 atom stereocenters. The number of hydrogen-bond donors (Lipinski definition) is 2. The van der Waals surface area contributed by atoms with Crippen LogP contribution in [0, 0.1) is 0 Å². The van der Waals surface area contributed by atoms with Crippen molar-refractivity contribution in [2.45, 2.75) is 19.5 Å². The highest BCUT2D eigenvalue weighted by Gasteiger charge is 2.11. The Morgan fingerprint density at radius 3 is 2.30 bits per heavy atom. The third-order valence-electron chi connectivity index (χ3n) is 4.68. The summed E-state index contributed by atoms with van der Waals surface area (Å²) in [6, 6.07) is 16.8. The number of rotatable bonds is 8. The monoisotopic (exact) mass is 369 g/mol. The molecule has 1 heterocycles. The van der Waals surface area contributed by atoms with Crippen LogP contribution in [0.5, 0.6) is 0 Å². The van der Waals surface area contributed by atoms with Gasteiger partial charge >= 0.3 is 0 Å². The van der Waals surface area contributed by atoms with Crippen LogP contribution in [0.25, 0.3) is 11.1 Å². The Morgan fingerprint density at radius 1 is 1.11 bits per heavy atom. The minimum absolute atomic E-state index is 0.0504. The molecule has 1 amide bonds. The number of hydrogen-bond acceptors (Lipinski definition) is 5. The summed E-state index contributed by atoms with van der Waals surface area (Å²) >= 11 is 0. The molecule has 27 heavy (non-hydrogen) atoms. The second-order valence-corrected chi connectivity index (χ2v) is 6.94. The van der Waals surface area contributed by atoms with Crippen LogP contribution in [0.15, 0.2) is 48.5 Å². The van der Waals surface area contributed by atoms with Crippen molar-refractivity contribution in [3.63, 3.8) is 0 Å². The normalized spacial score (nSPS) is 15.9. The molecule has 2 N–H and O–H groups in total. The van der Waals surface area contributed by atoms with Crippen LogP contribution in [0.1, 0.15) is 12.5 Å². The van der Waals surface area contributed by atoms with Gasteiger partial charge in [0.1, 0.15) is 0 Å². The van der Waals surface area contributed by atoms with E-state index in [1.807, 2.05) is 19.1 Å². The maximum atomic E-state index is 10.5. The molecular weight excluding hydrogens is 342 g/mol. The van der Waals surface area contributed by atoms with E-state index in [2.05, 4.69) is 46.6 Å². The Morgan fingerprint density at radius 2 is 1.70 bits per heavy atom. The summed E-state index contributed by atoms with van der Waals surface area (Å²) in [7, 11) is 0. The first-order chi connectivity index (χ1) is 13.1. The molecule has 6 heteroatoms. The predicted octanol–water partition coefficient (Wildman–Crippen LogP) is 2.83. The van der Waals surface area contributed by atoms with Gasteiger partial charge in [-0.05, 0) is 35.7 Å². The van der Waals surface area contributed by atoms with Gasteiger partial charge in [0.15, 0.2) is 0 Å². The molecule has 144 valence electrons. The average Bonchev–Trinajstić information content (AvgIpc) is 2.70. The third-order valence-corrected chi connectivity index (χ3v) is 4.68. The number of morpholine rings is 1. The van der Waals surface area contributed by atoms with Crippen molar-refractivity contribution in [2.75, 3.05) is 38.2 Å². The van der Waals surface area contributed by atoms with Crippen molar-refractivity contribution in [3.05, 3.63) is 54.1 Å². The number of benzene rings is 2. The zero-order chi connectivity index (χ0) is 19.1. The molecule has 1 aliphatic heterocycles. The molecule has 1 fully saturated rings. The first kappa shape index (κ1) is 19.4. The molecule has 3 rings (SSSR count). The van der Waals surface area contributed by atoms with Gasteiger partial charge in [0.05, 0.1) is 19.8 Å². The van der Waals surface area contributed by atoms with E-state index in [-0.39, 0.29) is 12.6 Å². The van der Waals surface area contributed by atoms with Gasteiger partial charge in [0.2, 0.25) is 6.41 Å². The molecule has 0 radical (unpaired) electrons. The van der Waals surface area contributed by atoms with Crippen LogP contribution in [0.3, 0.4) is 0 Å². The van der Waals surface area contributed by atoms with E-state index in [0.717, 1.165) is 44.1 Å². The molecule has 2 aromatic rings. The highest BCUT2D eigenvalue weighted by Crippen LogP contribution is 2.23. The molecule has 0 saturated carbocycles. The first-order valence-electron chi connectivity index (χ1n) is 9.31. The molecule has 0 bridgehead atoms. The number of hydroxylamine groups is 2. The fraction of sp³-hybridized carbons (Fsp3) is 0.381. The van der Waals surface area contributed by atoms with Crippen LogP contribution >= 0.6 is 0 Å². The molecule has 0 spiro atoms. The molecule has 6 nitrogen and oxygen atoms in total. The first-order valence-corrected chi connectivity index (χ1v) is 9.31. The topological polar surface area (TPSA) is 65.0 Å². The summed E-state index contributed by atoms with van der Waals surface area (Å²) in [6.45, 7) is 6.74. The Kier molecular flexibility index (Phi) is 6.81. The molecule has 0 aliphatic carbocycles. The van der Waals surface area contributed by atoms with Crippen LogP contribution < -0.4 is 5.32 Å². The summed E-state index contributed by atoms with van der Waals surface area (Å²) in [6.07, 6.45) is 0.407. The van der Waals surface area contributed by atoms with Gasteiger partial charge in [-0.2, -0.15) is 0 Å². The molecular formula is C21H27N3O3. The van der Waals surface area contributed by atoms with E-state index in [1.54, 1.807) is 0 Å². The van der Waals surface area contributed by atoms with E-state index >= 15 is 0 Å². The van der Waals surface area contributed by atoms with Crippen LogP contribution in [-0.2, 0) is 16.1 Å². The van der Waals surface area contributed by atoms with Crippen LogP contribution in [0.4, 0.5) is 5.69 Å². The lowest BCUT2D eigenvalue weighted by molar-refractivity contribution is -0.150. The number of nitrogens with one attached hydrogen (secondary N) is 1. The number of ether oxygens (including phenoxy) is 1. The summed E-state index contributed by atoms with van der Waals surface area (Å²) in [5, 5.41) is 13.1. The van der Waals surface area contributed by atoms with E-state index in [0.29, 0.717) is 11.5 Å². The Balaban J connectivity index is 1.57. The largest absolute Gasteiger partial charge is 0.381 e. The summed E-state index contributed by atoms with van der Waals surface area (Å²) in [5.74, 6) is 0. The quantitative estimate of drug-likeness (QED) is 0.426. The lowest BCUT2D eigenvalue weighted by Crippen LogP contribution is -2.35. The Bertz CT molecular complexity index is 712. The van der Waals surface area contributed by atoms with E-state index in [4.69, 9.17) is 4.74 Å². The summed E-state index contributed by atoms with van der Waals surface area (Å²) in [5.41, 5.74) is 4.61. The van der Waals surface area contributed by atoms with Crippen LogP contribution in [0.2, 0.25) is 0 Å². The van der Waals surface area contributed by atoms with Crippen molar-refractivity contribution < 1.29 is 14.7 Å². The number of amides is 1. The predicted molar refractivity (Wildman–Crippen MR) is 106 cm³/mol. The van der Waals surface area contributed by atoms with Gasteiger partial charge in [-0.3, -0.25) is 14.9 Å². The van der Waals surface area contributed by atoms with Gasteiger partial charge in [-0.25, -0.2) is 5.06 Å². The van der Waals surface area contributed by atoms with Crippen molar-refractivity contribution in [2.24, 2.45) is 0 Å². The van der Waals surface area contributed by atoms with Crippen molar-refractivity contribution in [3.8, 4) is 11.1 Å². The van der Waals surface area contributed by atoms with E-state index in [1.165, 1.54) is 11.1 Å². The van der Waals surface area contributed by atoms with Crippen molar-refractivity contribution in [1.82, 2.24) is 9.96 Å². The van der Waals surface area contributed by atoms with Crippen molar-refractivity contribution >= 4 is 12.1 Å². The number of carbonyl (C=O) groups excluding carboxylic acids is 1. The van der Waals surface area contributed by atoms with Crippen LogP contribution in [-0.4, -0.2) is 60.5 Å². The highest BCUT2D eigenvalue weighted by molar-refractivity contribution is 5.66. The Hall–Kier alpha value is -2.41. The number of carbonyl (C=O) groups is 1. The van der Waals surface area contributed by atoms with Gasteiger partial charge in [0, 0.05) is 31.4 Å². The highest BCUT2D eigenvalue weighted by atomic mass is 16.5. The van der Waals surface area contributed by atoms with E-state index < -0.39 is 0 Å². The van der Waals surface area contributed by atoms with Gasteiger partial charge in [-0.1, -0.05) is 36.4 Å². The lowest BCUT2D eigenvalue weighted by atomic mass is 10.0. The SMILES string of the molecule is CC(CN(O)C=O)Nc1ccc(-c2ccc(CN3CCOCC3)cc2)cc1. The number of anilines is 1. The van der Waals surface area contributed by atoms with Crippen molar-refractivity contribution in [1.29, 1.82) is 0 Å². The summed E-state index contributed by atoms with van der Waals surface area (Å²) < 4.78 is 5.40. The van der Waals surface area contributed by atoms with Gasteiger partial charge in [0.25, 0.3) is 0 Å². The second-order valence-electron chi connectivity index (χ2n) is 6.94. The minimum atomic E-state index is -0.0504. The third kappa shape index (κ3) is 5.79. The smallest absolute Gasteiger partial charge is 0.233 e. The average molecular weight is 369 g/mol. The lowest BCUT2D eigenvalue weighted by Gasteiger charge is -2.26. The Labute approximate surface area is 160 Å². The zero-order valence-electron chi connectivity index (χ0n) is 15.7. The molecule has 1 unspecified atom stereocenters. The molecule has 1 aliphatic rings. The standard InChI is InChI=1S/C21H27N3O3/c1-17(14-24(26)16-25)22-21-8-6-20(7-9-21)19-4-2-18(3-5-19)15-23-10-12-27-13-11-23/h2-9,16-17,22,26H,10-15H2,1H3. The second kappa shape index (κ2) is 9.50. The van der Waals surface area contributed by atoms with Gasteiger partial charge < -0.3 is 10.1 Å². The number of nitrogens with zero attached hydrogens (tertiary/aromatic N) is 2. The molecule has 0 aromatic heterocycles. The van der Waals surface area contributed by atoms with E-state index in [9.17, 15) is 10.0 Å². The van der Waals surface area contributed by atoms with Gasteiger partial charge in [-0.15, -0.1) is 0 Å². The molecule has 1 saturated heterocycles. The maximum absolute atomic E-state index is 10.5. The minimum Gasteiger partial charge on any atom is -0.381 e. The maximum Gasteiger partial charge on any atom is 0.233 e. The zero-order valence-corrected chi connectivity index (χ0v) is 15.7.